The summed E-state index contributed by atoms with van der Waals surface area (Å²) in [5.74, 6) is -0.851. The Morgan fingerprint density at radius 3 is 2.80 bits per heavy atom. The van der Waals surface area contributed by atoms with Crippen LogP contribution in [0, 0.1) is 0 Å². The number of nitrogens with one attached hydrogen (secondary N) is 1. The van der Waals surface area contributed by atoms with Gasteiger partial charge in [-0.15, -0.1) is 0 Å². The van der Waals surface area contributed by atoms with E-state index in [0.717, 1.165) is 5.70 Å². The van der Waals surface area contributed by atoms with Crippen LogP contribution in [0.2, 0.25) is 0 Å². The molecule has 0 spiro atoms. The minimum absolute atomic E-state index is 0.408. The molecular formula is C7H9NO2. The smallest absolute Gasteiger partial charge is 0.333 e. The number of aliphatic carboxylic acids is 1. The largest absolute Gasteiger partial charge is 0.478 e. The van der Waals surface area contributed by atoms with Crippen LogP contribution in [0.3, 0.4) is 0 Å². The van der Waals surface area contributed by atoms with Gasteiger partial charge in [-0.3, -0.25) is 0 Å². The second kappa shape index (κ2) is 2.56. The first kappa shape index (κ1) is 6.86. The van der Waals surface area contributed by atoms with Crippen molar-refractivity contribution in [2.75, 3.05) is 6.54 Å². The molecule has 0 aromatic carbocycles. The van der Waals surface area contributed by atoms with E-state index in [4.69, 9.17) is 5.11 Å². The summed E-state index contributed by atoms with van der Waals surface area (Å²) in [5.41, 5.74) is 1.41. The Labute approximate surface area is 59.0 Å². The van der Waals surface area contributed by atoms with Gasteiger partial charge in [-0.25, -0.2) is 4.79 Å². The molecular weight excluding hydrogens is 130 g/mol. The van der Waals surface area contributed by atoms with Crippen molar-refractivity contribution in [2.45, 2.75) is 6.92 Å². The first-order chi connectivity index (χ1) is 4.70. The SMILES string of the molecule is CC1=CC=C(C(=O)O)CN1. The molecule has 0 aromatic rings. The lowest BCUT2D eigenvalue weighted by atomic mass is 10.2. The van der Waals surface area contributed by atoms with Crippen LogP contribution in [0.1, 0.15) is 6.92 Å². The van der Waals surface area contributed by atoms with Crippen molar-refractivity contribution in [2.24, 2.45) is 0 Å². The van der Waals surface area contributed by atoms with Gasteiger partial charge in [0, 0.05) is 12.2 Å². The maximum atomic E-state index is 10.3. The van der Waals surface area contributed by atoms with Gasteiger partial charge in [-0.1, -0.05) is 0 Å². The number of carboxylic acid groups (broad SMARTS) is 1. The van der Waals surface area contributed by atoms with Crippen LogP contribution in [0.5, 0.6) is 0 Å². The summed E-state index contributed by atoms with van der Waals surface area (Å²) in [5, 5.41) is 11.4. The average Bonchev–Trinajstić information content (AvgIpc) is 1.88. The lowest BCUT2D eigenvalue weighted by Crippen LogP contribution is -2.21. The van der Waals surface area contributed by atoms with Crippen LogP contribution in [-0.2, 0) is 4.79 Å². The molecule has 1 aliphatic rings. The van der Waals surface area contributed by atoms with Gasteiger partial charge in [0.2, 0.25) is 0 Å². The molecule has 10 heavy (non-hydrogen) atoms. The maximum Gasteiger partial charge on any atom is 0.333 e. The molecule has 2 N–H and O–H groups in total. The highest BCUT2D eigenvalue weighted by Crippen LogP contribution is 2.02. The summed E-state index contributed by atoms with van der Waals surface area (Å²) in [6, 6.07) is 0. The highest BCUT2D eigenvalue weighted by atomic mass is 16.4. The van der Waals surface area contributed by atoms with Crippen molar-refractivity contribution in [3.05, 3.63) is 23.4 Å². The van der Waals surface area contributed by atoms with Gasteiger partial charge >= 0.3 is 5.97 Å². The Kier molecular flexibility index (Phi) is 1.76. The number of allylic oxidation sites excluding steroid dienone is 3. The molecule has 0 saturated carbocycles. The van der Waals surface area contributed by atoms with E-state index in [1.54, 1.807) is 12.2 Å². The van der Waals surface area contributed by atoms with Gasteiger partial charge < -0.3 is 10.4 Å². The van der Waals surface area contributed by atoms with Gasteiger partial charge in [-0.2, -0.15) is 0 Å². The van der Waals surface area contributed by atoms with E-state index in [1.807, 2.05) is 6.92 Å². The summed E-state index contributed by atoms with van der Waals surface area (Å²) < 4.78 is 0. The van der Waals surface area contributed by atoms with E-state index in [0.29, 0.717) is 12.1 Å². The third kappa shape index (κ3) is 1.37. The fourth-order valence-corrected chi connectivity index (χ4v) is 0.725. The van der Waals surface area contributed by atoms with Crippen molar-refractivity contribution in [3.8, 4) is 0 Å². The summed E-state index contributed by atoms with van der Waals surface area (Å²) >= 11 is 0. The van der Waals surface area contributed by atoms with Crippen molar-refractivity contribution < 1.29 is 9.90 Å². The monoisotopic (exact) mass is 139 g/mol. The van der Waals surface area contributed by atoms with Crippen molar-refractivity contribution in [3.63, 3.8) is 0 Å². The van der Waals surface area contributed by atoms with Crippen LogP contribution < -0.4 is 5.32 Å². The average molecular weight is 139 g/mol. The van der Waals surface area contributed by atoms with E-state index in [1.165, 1.54) is 0 Å². The molecule has 3 nitrogen and oxygen atoms in total. The third-order valence-corrected chi connectivity index (χ3v) is 1.37. The molecule has 0 amide bonds. The quantitative estimate of drug-likeness (QED) is 0.556. The number of carbonyl (C=O) groups is 1. The summed E-state index contributed by atoms with van der Waals surface area (Å²) in [6.45, 7) is 2.33. The molecule has 0 aromatic heterocycles. The Morgan fingerprint density at radius 1 is 1.70 bits per heavy atom. The minimum Gasteiger partial charge on any atom is -0.478 e. The number of carboxylic acids is 1. The molecule has 0 radical (unpaired) electrons. The minimum atomic E-state index is -0.851. The van der Waals surface area contributed by atoms with E-state index in [9.17, 15) is 4.79 Å². The van der Waals surface area contributed by atoms with Crippen molar-refractivity contribution >= 4 is 5.97 Å². The fraction of sp³-hybridized carbons (Fsp3) is 0.286. The molecule has 0 aliphatic carbocycles. The second-order valence-electron chi connectivity index (χ2n) is 2.20. The predicted octanol–water partition coefficient (Wildman–Crippen LogP) is 0.504. The maximum absolute atomic E-state index is 10.3. The summed E-state index contributed by atoms with van der Waals surface area (Å²) in [7, 11) is 0. The van der Waals surface area contributed by atoms with Crippen LogP contribution in [0.4, 0.5) is 0 Å². The van der Waals surface area contributed by atoms with E-state index in [2.05, 4.69) is 5.32 Å². The van der Waals surface area contributed by atoms with Gasteiger partial charge in [-0.05, 0) is 19.1 Å². The van der Waals surface area contributed by atoms with Gasteiger partial charge in [0.1, 0.15) is 0 Å². The molecule has 0 unspecified atom stereocenters. The number of rotatable bonds is 1. The molecule has 1 heterocycles. The lowest BCUT2D eigenvalue weighted by Gasteiger charge is -2.10. The number of hydrogen-bond donors (Lipinski definition) is 2. The zero-order valence-corrected chi connectivity index (χ0v) is 5.72. The number of hydrogen-bond acceptors (Lipinski definition) is 2. The predicted molar refractivity (Wildman–Crippen MR) is 37.5 cm³/mol. The zero-order valence-electron chi connectivity index (χ0n) is 5.72. The molecule has 54 valence electrons. The molecule has 3 heteroatoms. The number of dihydropyridines is 1. The molecule has 1 rings (SSSR count). The summed E-state index contributed by atoms with van der Waals surface area (Å²) in [4.78, 5) is 10.3. The van der Waals surface area contributed by atoms with Crippen LogP contribution in [0.15, 0.2) is 23.4 Å². The zero-order chi connectivity index (χ0) is 7.56. The third-order valence-electron chi connectivity index (χ3n) is 1.37. The van der Waals surface area contributed by atoms with Gasteiger partial charge in [0.15, 0.2) is 0 Å². The highest BCUT2D eigenvalue weighted by molar-refractivity contribution is 5.87. The van der Waals surface area contributed by atoms with Crippen molar-refractivity contribution in [1.82, 2.24) is 5.32 Å². The Bertz CT molecular complexity index is 216. The molecule has 0 atom stereocenters. The topological polar surface area (TPSA) is 49.3 Å². The van der Waals surface area contributed by atoms with E-state index in [-0.39, 0.29) is 0 Å². The summed E-state index contributed by atoms with van der Waals surface area (Å²) in [6.07, 6.45) is 3.38. The molecule has 1 aliphatic heterocycles. The van der Waals surface area contributed by atoms with Crippen LogP contribution in [0.25, 0.3) is 0 Å². The fourth-order valence-electron chi connectivity index (χ4n) is 0.725. The van der Waals surface area contributed by atoms with Gasteiger partial charge in [0.05, 0.1) is 5.57 Å². The Balaban J connectivity index is 2.74. The first-order valence-electron chi connectivity index (χ1n) is 3.05. The Hall–Kier alpha value is -1.25. The molecule has 0 fully saturated rings. The van der Waals surface area contributed by atoms with E-state index >= 15 is 0 Å². The van der Waals surface area contributed by atoms with E-state index < -0.39 is 5.97 Å². The molecule has 0 bridgehead atoms. The van der Waals surface area contributed by atoms with Crippen LogP contribution >= 0.6 is 0 Å². The normalized spacial score (nSPS) is 16.9. The second-order valence-corrected chi connectivity index (χ2v) is 2.20. The van der Waals surface area contributed by atoms with Crippen LogP contribution in [-0.4, -0.2) is 17.6 Å². The standard InChI is InChI=1S/C7H9NO2/c1-5-2-3-6(4-8-5)7(9)10/h2-3,8H,4H2,1H3,(H,9,10). The lowest BCUT2D eigenvalue weighted by molar-refractivity contribution is -0.132. The van der Waals surface area contributed by atoms with Gasteiger partial charge in [0.25, 0.3) is 0 Å². The highest BCUT2D eigenvalue weighted by Gasteiger charge is 2.07. The van der Waals surface area contributed by atoms with Crippen molar-refractivity contribution in [1.29, 1.82) is 0 Å². The first-order valence-corrected chi connectivity index (χ1v) is 3.05. The Morgan fingerprint density at radius 2 is 2.40 bits per heavy atom. The molecule has 0 saturated heterocycles.